The smallest absolute Gasteiger partial charge is 0.143 e. The minimum Gasteiger partial charge on any atom is -0.455 e. The summed E-state index contributed by atoms with van der Waals surface area (Å²) < 4.78 is 13.2. The number of furan rings is 2. The maximum absolute atomic E-state index is 6.75. The maximum Gasteiger partial charge on any atom is 0.143 e. The van der Waals surface area contributed by atoms with Crippen LogP contribution in [0.25, 0.3) is 88.0 Å². The Morgan fingerprint density at radius 1 is 0.309 bits per heavy atom. The predicted octanol–water partition coefficient (Wildman–Crippen LogP) is 15.1. The van der Waals surface area contributed by atoms with Crippen molar-refractivity contribution in [2.45, 2.75) is 0 Å². The molecule has 3 heteroatoms. The topological polar surface area (TPSA) is 29.5 Å². The second-order valence-electron chi connectivity index (χ2n) is 14.1. The summed E-state index contributed by atoms with van der Waals surface area (Å²) >= 11 is 0. The number of nitrogens with zero attached hydrogens (tertiary/aromatic N) is 1. The van der Waals surface area contributed by atoms with Crippen molar-refractivity contribution in [2.75, 3.05) is 4.90 Å². The zero-order chi connectivity index (χ0) is 36.3. The summed E-state index contributed by atoms with van der Waals surface area (Å²) in [4.78, 5) is 2.33. The molecule has 0 N–H and O–H groups in total. The van der Waals surface area contributed by atoms with E-state index in [1.54, 1.807) is 0 Å². The van der Waals surface area contributed by atoms with Crippen LogP contribution in [-0.4, -0.2) is 0 Å². The van der Waals surface area contributed by atoms with Gasteiger partial charge in [-0.15, -0.1) is 0 Å². The van der Waals surface area contributed by atoms with Gasteiger partial charge in [0.2, 0.25) is 0 Å². The van der Waals surface area contributed by atoms with E-state index in [4.69, 9.17) is 8.83 Å². The number of hydrogen-bond acceptors (Lipinski definition) is 3. The van der Waals surface area contributed by atoms with Crippen LogP contribution in [0.15, 0.2) is 209 Å². The first-order valence-electron chi connectivity index (χ1n) is 18.7. The van der Waals surface area contributed by atoms with Crippen LogP contribution in [0.3, 0.4) is 0 Å². The molecule has 258 valence electrons. The van der Waals surface area contributed by atoms with E-state index in [-0.39, 0.29) is 0 Å². The Hall–Kier alpha value is -7.36. The highest BCUT2D eigenvalue weighted by atomic mass is 16.3. The number of rotatable bonds is 6. The standard InChI is InChI=1S/C52H33NO2/c1-3-12-34(13-4-1)35-22-26-39(27-23-35)53(40-28-24-36(25-29-40)43-19-11-20-45-44-18-9-10-21-48(44)54-51(43)45)41-30-31-49-46(33-41)47-32-38-16-7-8-17-42(38)50(52(47)55-49)37-14-5-2-6-15-37/h1-33H. The summed E-state index contributed by atoms with van der Waals surface area (Å²) in [5.41, 5.74) is 13.5. The summed E-state index contributed by atoms with van der Waals surface area (Å²) in [6.07, 6.45) is 0. The minimum absolute atomic E-state index is 0.861. The van der Waals surface area contributed by atoms with E-state index < -0.39 is 0 Å². The molecule has 0 radical (unpaired) electrons. The van der Waals surface area contributed by atoms with Crippen molar-refractivity contribution in [1.82, 2.24) is 0 Å². The highest BCUT2D eigenvalue weighted by Gasteiger charge is 2.20. The zero-order valence-corrected chi connectivity index (χ0v) is 29.8. The monoisotopic (exact) mass is 703 g/mol. The van der Waals surface area contributed by atoms with Gasteiger partial charge in [0.05, 0.1) is 0 Å². The summed E-state index contributed by atoms with van der Waals surface area (Å²) in [7, 11) is 0. The van der Waals surface area contributed by atoms with Gasteiger partial charge in [0.15, 0.2) is 0 Å². The van der Waals surface area contributed by atoms with Crippen molar-refractivity contribution < 1.29 is 8.83 Å². The first kappa shape index (κ1) is 31.2. The van der Waals surface area contributed by atoms with E-state index in [1.807, 2.05) is 12.1 Å². The SMILES string of the molecule is c1ccc(-c2ccc(N(c3ccc(-c4cccc5c4oc4ccccc45)cc3)c3ccc4oc5c(-c6ccccc6)c6ccccc6cc5c4c3)cc2)cc1. The van der Waals surface area contributed by atoms with Crippen LogP contribution in [0.2, 0.25) is 0 Å². The van der Waals surface area contributed by atoms with E-state index in [0.29, 0.717) is 0 Å². The van der Waals surface area contributed by atoms with Gasteiger partial charge < -0.3 is 13.7 Å². The molecule has 0 atom stereocenters. The molecule has 11 rings (SSSR count). The van der Waals surface area contributed by atoms with Crippen molar-refractivity contribution in [3.8, 4) is 33.4 Å². The van der Waals surface area contributed by atoms with Gasteiger partial charge in [0, 0.05) is 49.7 Å². The third-order valence-electron chi connectivity index (χ3n) is 10.9. The average molecular weight is 704 g/mol. The molecule has 0 amide bonds. The van der Waals surface area contributed by atoms with Gasteiger partial charge >= 0.3 is 0 Å². The largest absolute Gasteiger partial charge is 0.455 e. The summed E-state index contributed by atoms with van der Waals surface area (Å²) in [6, 6.07) is 70.8. The van der Waals surface area contributed by atoms with Crippen LogP contribution in [0.1, 0.15) is 0 Å². The fourth-order valence-corrected chi connectivity index (χ4v) is 8.24. The molecule has 0 bridgehead atoms. The molecule has 11 aromatic rings. The molecule has 0 spiro atoms. The molecule has 0 aliphatic carbocycles. The Morgan fingerprint density at radius 2 is 0.873 bits per heavy atom. The molecule has 0 aliphatic heterocycles. The van der Waals surface area contributed by atoms with Crippen molar-refractivity contribution in [3.05, 3.63) is 200 Å². The van der Waals surface area contributed by atoms with Gasteiger partial charge in [-0.3, -0.25) is 0 Å². The van der Waals surface area contributed by atoms with Gasteiger partial charge in [0.25, 0.3) is 0 Å². The van der Waals surface area contributed by atoms with Crippen LogP contribution < -0.4 is 4.90 Å². The molecule has 2 aromatic heterocycles. The lowest BCUT2D eigenvalue weighted by atomic mass is 9.95. The normalized spacial score (nSPS) is 11.6. The van der Waals surface area contributed by atoms with Gasteiger partial charge in [0.1, 0.15) is 22.3 Å². The van der Waals surface area contributed by atoms with Crippen molar-refractivity contribution >= 4 is 71.7 Å². The average Bonchev–Trinajstić information content (AvgIpc) is 3.82. The van der Waals surface area contributed by atoms with Crippen LogP contribution >= 0.6 is 0 Å². The number of hydrogen-bond donors (Lipinski definition) is 0. The van der Waals surface area contributed by atoms with E-state index in [1.165, 1.54) is 21.9 Å². The quantitative estimate of drug-likeness (QED) is 0.173. The van der Waals surface area contributed by atoms with Crippen molar-refractivity contribution in [2.24, 2.45) is 0 Å². The number of anilines is 3. The summed E-state index contributed by atoms with van der Waals surface area (Å²) in [5.74, 6) is 0. The van der Waals surface area contributed by atoms with Crippen molar-refractivity contribution in [1.29, 1.82) is 0 Å². The number of para-hydroxylation sites is 2. The second kappa shape index (κ2) is 12.6. The highest BCUT2D eigenvalue weighted by molar-refractivity contribution is 6.19. The molecule has 0 saturated heterocycles. The van der Waals surface area contributed by atoms with E-state index in [2.05, 4.69) is 193 Å². The molecule has 2 heterocycles. The molecule has 0 fully saturated rings. The fourth-order valence-electron chi connectivity index (χ4n) is 8.24. The molecular weight excluding hydrogens is 671 g/mol. The molecule has 0 aliphatic rings. The Bertz CT molecular complexity index is 3180. The van der Waals surface area contributed by atoms with E-state index in [9.17, 15) is 0 Å². The Labute approximate surface area is 317 Å². The molecule has 0 saturated carbocycles. The molecule has 3 nitrogen and oxygen atoms in total. The molecule has 9 aromatic carbocycles. The van der Waals surface area contributed by atoms with Gasteiger partial charge in [-0.2, -0.15) is 0 Å². The van der Waals surface area contributed by atoms with Crippen molar-refractivity contribution in [3.63, 3.8) is 0 Å². The van der Waals surface area contributed by atoms with Gasteiger partial charge in [-0.05, 0) is 87.6 Å². The van der Waals surface area contributed by atoms with Crippen LogP contribution in [0, 0.1) is 0 Å². The van der Waals surface area contributed by atoms with E-state index >= 15 is 0 Å². The Balaban J connectivity index is 1.08. The third kappa shape index (κ3) is 5.20. The maximum atomic E-state index is 6.75. The lowest BCUT2D eigenvalue weighted by Crippen LogP contribution is -2.09. The van der Waals surface area contributed by atoms with E-state index in [0.717, 1.165) is 83.2 Å². The lowest BCUT2D eigenvalue weighted by molar-refractivity contribution is 0.670. The molecular formula is C52H33NO2. The van der Waals surface area contributed by atoms with Crippen LogP contribution in [-0.2, 0) is 0 Å². The van der Waals surface area contributed by atoms with Gasteiger partial charge in [-0.1, -0.05) is 146 Å². The summed E-state index contributed by atoms with van der Waals surface area (Å²) in [6.45, 7) is 0. The predicted molar refractivity (Wildman–Crippen MR) is 229 cm³/mol. The first-order valence-corrected chi connectivity index (χ1v) is 18.7. The van der Waals surface area contributed by atoms with Gasteiger partial charge in [-0.25, -0.2) is 0 Å². The lowest BCUT2D eigenvalue weighted by Gasteiger charge is -2.26. The zero-order valence-electron chi connectivity index (χ0n) is 29.8. The highest BCUT2D eigenvalue weighted by Crippen LogP contribution is 2.44. The summed E-state index contributed by atoms with van der Waals surface area (Å²) in [5, 5.41) is 6.80. The first-order chi connectivity index (χ1) is 27.3. The number of fused-ring (bicyclic) bond motifs is 7. The minimum atomic E-state index is 0.861. The number of benzene rings is 9. The van der Waals surface area contributed by atoms with Crippen LogP contribution in [0.4, 0.5) is 17.1 Å². The Morgan fingerprint density at radius 3 is 1.64 bits per heavy atom. The molecule has 0 unspecified atom stereocenters. The molecule has 55 heavy (non-hydrogen) atoms. The second-order valence-corrected chi connectivity index (χ2v) is 14.1. The van der Waals surface area contributed by atoms with Crippen LogP contribution in [0.5, 0.6) is 0 Å². The Kier molecular flexibility index (Phi) is 7.17. The third-order valence-corrected chi connectivity index (χ3v) is 10.9. The fraction of sp³-hybridized carbons (Fsp3) is 0.